The summed E-state index contributed by atoms with van der Waals surface area (Å²) >= 11 is 0. The van der Waals surface area contributed by atoms with Gasteiger partial charge in [-0.05, 0) is 44.0 Å². The minimum absolute atomic E-state index is 0. The maximum absolute atomic E-state index is 5.60. The molecule has 0 bridgehead atoms. The smallest absolute Gasteiger partial charge is 0.191 e. The number of hydrogen-bond acceptors (Lipinski definition) is 4. The number of hydrogen-bond donors (Lipinski definition) is 2. The Balaban J connectivity index is 0.00000280. The molecule has 1 fully saturated rings. The topological polar surface area (TPSA) is 62.0 Å². The van der Waals surface area contributed by atoms with Crippen LogP contribution in [0.3, 0.4) is 0 Å². The summed E-state index contributed by atoms with van der Waals surface area (Å²) in [7, 11) is 1.81. The molecule has 7 heteroatoms. The van der Waals surface area contributed by atoms with Gasteiger partial charge in [-0.2, -0.15) is 0 Å². The highest BCUT2D eigenvalue weighted by Gasteiger charge is 2.23. The fraction of sp³-hybridized carbons (Fsp3) is 0.476. The van der Waals surface area contributed by atoms with E-state index in [0.717, 1.165) is 44.2 Å². The number of furan rings is 1. The highest BCUT2D eigenvalue weighted by Crippen LogP contribution is 2.20. The molecular formula is C21H31IN4O2. The van der Waals surface area contributed by atoms with E-state index in [4.69, 9.17) is 9.15 Å². The molecule has 0 amide bonds. The van der Waals surface area contributed by atoms with Crippen molar-refractivity contribution in [3.05, 3.63) is 54.0 Å². The van der Waals surface area contributed by atoms with E-state index < -0.39 is 0 Å². The maximum Gasteiger partial charge on any atom is 0.191 e. The highest BCUT2D eigenvalue weighted by atomic mass is 127. The summed E-state index contributed by atoms with van der Waals surface area (Å²) in [6, 6.07) is 13.0. The van der Waals surface area contributed by atoms with Gasteiger partial charge in [0.1, 0.15) is 12.4 Å². The van der Waals surface area contributed by atoms with Gasteiger partial charge in [0.15, 0.2) is 5.96 Å². The van der Waals surface area contributed by atoms with Gasteiger partial charge in [-0.1, -0.05) is 17.7 Å². The Kier molecular flexibility index (Phi) is 9.63. The van der Waals surface area contributed by atoms with Crippen molar-refractivity contribution in [2.75, 3.05) is 38.2 Å². The lowest BCUT2D eigenvalue weighted by atomic mass is 10.2. The van der Waals surface area contributed by atoms with Crippen molar-refractivity contribution in [2.24, 2.45) is 4.99 Å². The number of halogens is 1. The van der Waals surface area contributed by atoms with E-state index in [0.29, 0.717) is 19.3 Å². The summed E-state index contributed by atoms with van der Waals surface area (Å²) in [5, 5.41) is 6.90. The number of benzene rings is 1. The minimum Gasteiger partial charge on any atom is -0.467 e. The molecule has 0 radical (unpaired) electrons. The molecule has 2 heterocycles. The van der Waals surface area contributed by atoms with Gasteiger partial charge in [0.05, 0.1) is 6.26 Å². The molecule has 2 N–H and O–H groups in total. The number of aliphatic imine (C=N–C) groups is 1. The average Bonchev–Trinajstić information content (AvgIpc) is 3.36. The fourth-order valence-corrected chi connectivity index (χ4v) is 3.20. The number of anilines is 1. The van der Waals surface area contributed by atoms with E-state index in [-0.39, 0.29) is 24.0 Å². The fourth-order valence-electron chi connectivity index (χ4n) is 3.20. The van der Waals surface area contributed by atoms with E-state index in [1.165, 1.54) is 11.3 Å². The molecule has 0 aliphatic carbocycles. The summed E-state index contributed by atoms with van der Waals surface area (Å²) in [5.41, 5.74) is 2.59. The molecule has 1 aliphatic rings. The van der Waals surface area contributed by atoms with Crippen LogP contribution in [0.4, 0.5) is 5.69 Å². The Morgan fingerprint density at radius 3 is 2.82 bits per heavy atom. The van der Waals surface area contributed by atoms with Crippen LogP contribution in [-0.2, 0) is 11.3 Å². The Morgan fingerprint density at radius 1 is 1.29 bits per heavy atom. The third-order valence-corrected chi connectivity index (χ3v) is 4.73. The molecular weight excluding hydrogens is 467 g/mol. The molecule has 1 aliphatic heterocycles. The first kappa shape index (κ1) is 22.5. The van der Waals surface area contributed by atoms with Crippen LogP contribution < -0.4 is 15.5 Å². The number of ether oxygens (including phenoxy) is 1. The zero-order valence-corrected chi connectivity index (χ0v) is 19.0. The Bertz CT molecular complexity index is 704. The number of nitrogens with one attached hydrogen (secondary N) is 2. The monoisotopic (exact) mass is 498 g/mol. The van der Waals surface area contributed by atoms with Crippen LogP contribution in [0.5, 0.6) is 0 Å². The summed E-state index contributed by atoms with van der Waals surface area (Å²) in [5.74, 6) is 1.72. The van der Waals surface area contributed by atoms with E-state index in [2.05, 4.69) is 51.7 Å². The summed E-state index contributed by atoms with van der Waals surface area (Å²) in [6.45, 7) is 6.22. The Hall–Kier alpha value is -1.74. The van der Waals surface area contributed by atoms with Gasteiger partial charge in [-0.15, -0.1) is 24.0 Å². The van der Waals surface area contributed by atoms with Crippen molar-refractivity contribution in [1.82, 2.24) is 10.6 Å². The van der Waals surface area contributed by atoms with Crippen LogP contribution in [0.1, 0.15) is 24.2 Å². The molecule has 154 valence electrons. The van der Waals surface area contributed by atoms with Crippen molar-refractivity contribution < 1.29 is 9.15 Å². The van der Waals surface area contributed by atoms with Crippen molar-refractivity contribution in [3.8, 4) is 0 Å². The molecule has 6 nitrogen and oxygen atoms in total. The van der Waals surface area contributed by atoms with Gasteiger partial charge >= 0.3 is 0 Å². The third-order valence-electron chi connectivity index (χ3n) is 4.73. The average molecular weight is 498 g/mol. The van der Waals surface area contributed by atoms with Crippen molar-refractivity contribution in [3.63, 3.8) is 0 Å². The van der Waals surface area contributed by atoms with E-state index in [1.54, 1.807) is 6.26 Å². The first-order chi connectivity index (χ1) is 13.2. The predicted octanol–water partition coefficient (Wildman–Crippen LogP) is 3.56. The zero-order chi connectivity index (χ0) is 18.9. The maximum atomic E-state index is 5.60. The molecule has 1 unspecified atom stereocenters. The lowest BCUT2D eigenvalue weighted by Crippen LogP contribution is -2.45. The largest absolute Gasteiger partial charge is 0.467 e. The van der Waals surface area contributed by atoms with Crippen LogP contribution in [0.15, 0.2) is 52.1 Å². The third kappa shape index (κ3) is 7.01. The molecule has 2 aromatic rings. The Morgan fingerprint density at radius 2 is 2.11 bits per heavy atom. The van der Waals surface area contributed by atoms with Crippen molar-refractivity contribution in [2.45, 2.75) is 32.4 Å². The van der Waals surface area contributed by atoms with Gasteiger partial charge in [0.2, 0.25) is 0 Å². The summed E-state index contributed by atoms with van der Waals surface area (Å²) < 4.78 is 10.8. The van der Waals surface area contributed by atoms with Crippen LogP contribution in [-0.4, -0.2) is 45.3 Å². The number of guanidine groups is 1. The highest BCUT2D eigenvalue weighted by molar-refractivity contribution is 14.0. The second-order valence-electron chi connectivity index (χ2n) is 6.90. The van der Waals surface area contributed by atoms with Crippen LogP contribution >= 0.6 is 24.0 Å². The summed E-state index contributed by atoms with van der Waals surface area (Å²) in [6.07, 6.45) is 3.70. The van der Waals surface area contributed by atoms with Gasteiger partial charge in [0.25, 0.3) is 0 Å². The predicted molar refractivity (Wildman–Crippen MR) is 125 cm³/mol. The molecule has 0 spiro atoms. The number of rotatable bonds is 8. The molecule has 1 atom stereocenters. The van der Waals surface area contributed by atoms with E-state index in [9.17, 15) is 0 Å². The molecule has 0 saturated carbocycles. The van der Waals surface area contributed by atoms with Crippen molar-refractivity contribution >= 4 is 35.6 Å². The van der Waals surface area contributed by atoms with Gasteiger partial charge in [-0.25, -0.2) is 0 Å². The molecule has 1 aromatic heterocycles. The SMILES string of the molecule is CN=C(NCCCOCc1ccco1)NC1CCN(c2ccc(C)cc2)C1.I. The standard InChI is InChI=1S/C21H30N4O2.HI/c1-17-6-8-19(9-7-17)25-12-10-18(15-25)24-21(22-2)23-11-4-13-26-16-20-5-3-14-27-20;/h3,5-9,14,18H,4,10-13,15-16H2,1-2H3,(H2,22,23,24);1H. The van der Waals surface area contributed by atoms with Crippen molar-refractivity contribution in [1.29, 1.82) is 0 Å². The van der Waals surface area contributed by atoms with Crippen LogP contribution in [0, 0.1) is 6.92 Å². The lowest BCUT2D eigenvalue weighted by Gasteiger charge is -2.20. The van der Waals surface area contributed by atoms with Crippen LogP contribution in [0.25, 0.3) is 0 Å². The van der Waals surface area contributed by atoms with Gasteiger partial charge in [0, 0.05) is 45.0 Å². The minimum atomic E-state index is 0. The van der Waals surface area contributed by atoms with E-state index in [1.807, 2.05) is 19.2 Å². The van der Waals surface area contributed by atoms with Crippen LogP contribution in [0.2, 0.25) is 0 Å². The first-order valence-electron chi connectivity index (χ1n) is 9.63. The molecule has 28 heavy (non-hydrogen) atoms. The second kappa shape index (κ2) is 12.0. The first-order valence-corrected chi connectivity index (χ1v) is 9.63. The Labute approximate surface area is 184 Å². The number of aryl methyl sites for hydroxylation is 1. The van der Waals surface area contributed by atoms with E-state index >= 15 is 0 Å². The van der Waals surface area contributed by atoms with Gasteiger partial charge < -0.3 is 24.7 Å². The summed E-state index contributed by atoms with van der Waals surface area (Å²) in [4.78, 5) is 6.76. The van der Waals surface area contributed by atoms with Gasteiger partial charge in [-0.3, -0.25) is 4.99 Å². The molecule has 1 saturated heterocycles. The quantitative estimate of drug-likeness (QED) is 0.252. The zero-order valence-electron chi connectivity index (χ0n) is 16.7. The number of nitrogens with zero attached hydrogens (tertiary/aromatic N) is 2. The molecule has 1 aromatic carbocycles. The molecule has 3 rings (SSSR count). The lowest BCUT2D eigenvalue weighted by molar-refractivity contribution is 0.105. The second-order valence-corrected chi connectivity index (χ2v) is 6.90. The normalized spacial score (nSPS) is 16.7.